The van der Waals surface area contributed by atoms with E-state index in [9.17, 15) is 9.59 Å². The lowest BCUT2D eigenvalue weighted by atomic mass is 10.0. The molecule has 4 rings (SSSR count). The molecular weight excluding hydrogens is 433 g/mol. The number of hydrogen-bond donors (Lipinski definition) is 0. The zero-order valence-electron chi connectivity index (χ0n) is 17.9. The first-order valence-electron chi connectivity index (χ1n) is 9.99. The Morgan fingerprint density at radius 1 is 0.742 bits per heavy atom. The van der Waals surface area contributed by atoms with E-state index >= 15 is 0 Å². The zero-order valence-corrected chi connectivity index (χ0v) is 19.5. The average Bonchev–Trinajstić information content (AvgIpc) is 3.13. The number of likely N-dealkylation sites (N-methyl/N-ethyl adjacent to an activating group) is 2. The molecule has 5 nitrogen and oxygen atoms in total. The van der Waals surface area contributed by atoms with E-state index in [2.05, 4.69) is 21.1 Å². The van der Waals surface area contributed by atoms with Gasteiger partial charge >= 0.3 is 0 Å². The summed E-state index contributed by atoms with van der Waals surface area (Å²) in [6, 6.07) is 14.5. The second kappa shape index (κ2) is 7.83. The smallest absolute Gasteiger partial charge is 0.261 e. The highest BCUT2D eigenvalue weighted by Gasteiger charge is 2.47. The largest absolute Gasteiger partial charge is 0.329 e. The predicted molar refractivity (Wildman–Crippen MR) is 124 cm³/mol. The fourth-order valence-electron chi connectivity index (χ4n) is 3.93. The van der Waals surface area contributed by atoms with Gasteiger partial charge in [0.05, 0.1) is 56.8 Å². The molecule has 2 aliphatic heterocycles. The van der Waals surface area contributed by atoms with E-state index in [-0.39, 0.29) is 11.8 Å². The van der Waals surface area contributed by atoms with E-state index in [1.54, 1.807) is 41.1 Å². The standard InChI is InChI=1S/C24H24Cl2N3O2/c1-27-21(15-5-9-17(25)10-6-15)19-20(23(27)30)22(16-7-11-18(26)12-8-16)28(24(19)31)13-14-29(2,3)4/h5-12H,13-14H2,1-4H3/q+1. The van der Waals surface area contributed by atoms with Crippen molar-refractivity contribution in [2.24, 2.45) is 0 Å². The minimum atomic E-state index is -0.189. The topological polar surface area (TPSA) is 40.6 Å². The Bertz CT molecular complexity index is 1130. The third-order valence-corrected chi connectivity index (χ3v) is 6.04. The lowest BCUT2D eigenvalue weighted by Gasteiger charge is -2.29. The Labute approximate surface area is 192 Å². The van der Waals surface area contributed by atoms with Crippen LogP contribution in [0, 0.1) is 0 Å². The van der Waals surface area contributed by atoms with Crippen LogP contribution in [0.3, 0.4) is 0 Å². The van der Waals surface area contributed by atoms with Gasteiger partial charge in [0.15, 0.2) is 0 Å². The number of quaternary nitrogens is 1. The molecule has 0 radical (unpaired) electrons. The Morgan fingerprint density at radius 3 is 1.68 bits per heavy atom. The molecular formula is C24H24Cl2N3O2+. The van der Waals surface area contributed by atoms with Gasteiger partial charge in [-0.05, 0) is 35.4 Å². The van der Waals surface area contributed by atoms with Crippen LogP contribution in [0.4, 0.5) is 0 Å². The molecule has 0 bridgehead atoms. The van der Waals surface area contributed by atoms with Gasteiger partial charge in [0.25, 0.3) is 11.8 Å². The summed E-state index contributed by atoms with van der Waals surface area (Å²) in [4.78, 5) is 30.3. The first-order valence-corrected chi connectivity index (χ1v) is 10.8. The van der Waals surface area contributed by atoms with Crippen molar-refractivity contribution in [3.05, 3.63) is 80.8 Å². The molecule has 7 heteroatoms. The number of hydrogen-bond acceptors (Lipinski definition) is 2. The first-order chi connectivity index (χ1) is 14.6. The number of carbonyl (C=O) groups excluding carboxylic acids is 2. The van der Waals surface area contributed by atoms with Crippen LogP contribution in [0.5, 0.6) is 0 Å². The third kappa shape index (κ3) is 3.89. The Balaban J connectivity index is 1.92. The predicted octanol–water partition coefficient (Wildman–Crippen LogP) is 4.14. The van der Waals surface area contributed by atoms with Crippen LogP contribution in [-0.2, 0) is 9.59 Å². The van der Waals surface area contributed by atoms with Crippen molar-refractivity contribution in [1.29, 1.82) is 0 Å². The number of fused-ring (bicyclic) bond motifs is 1. The van der Waals surface area contributed by atoms with Crippen molar-refractivity contribution in [2.75, 3.05) is 41.3 Å². The maximum atomic E-state index is 13.7. The highest BCUT2D eigenvalue weighted by atomic mass is 35.5. The molecule has 0 N–H and O–H groups in total. The summed E-state index contributed by atoms with van der Waals surface area (Å²) in [5.41, 5.74) is 3.72. The van der Waals surface area contributed by atoms with E-state index in [1.165, 1.54) is 0 Å². The highest BCUT2D eigenvalue weighted by molar-refractivity contribution is 6.32. The van der Waals surface area contributed by atoms with E-state index in [4.69, 9.17) is 23.2 Å². The Hall–Kier alpha value is -2.60. The summed E-state index contributed by atoms with van der Waals surface area (Å²) >= 11 is 12.1. The molecule has 0 saturated heterocycles. The van der Waals surface area contributed by atoms with Crippen molar-refractivity contribution < 1.29 is 14.1 Å². The summed E-state index contributed by atoms with van der Waals surface area (Å²) in [7, 11) is 7.93. The van der Waals surface area contributed by atoms with Gasteiger partial charge in [-0.25, -0.2) is 0 Å². The van der Waals surface area contributed by atoms with Crippen LogP contribution in [0.1, 0.15) is 11.1 Å². The molecule has 0 fully saturated rings. The molecule has 2 amide bonds. The molecule has 0 atom stereocenters. The summed E-state index contributed by atoms with van der Waals surface area (Å²) < 4.78 is 0.698. The molecule has 0 saturated carbocycles. The molecule has 160 valence electrons. The van der Waals surface area contributed by atoms with Gasteiger partial charge in [-0.15, -0.1) is 0 Å². The van der Waals surface area contributed by atoms with Gasteiger partial charge in [-0.2, -0.15) is 0 Å². The number of carbonyl (C=O) groups is 2. The second-order valence-corrected chi connectivity index (χ2v) is 9.67. The minimum absolute atomic E-state index is 0.156. The molecule has 0 unspecified atom stereocenters. The SMILES string of the molecule is CN1C(=O)C2=C(c3ccc(Cl)cc3)N(CC[N+](C)(C)C)C(=O)C2=C1c1ccc(Cl)cc1. The van der Waals surface area contributed by atoms with Crippen LogP contribution < -0.4 is 0 Å². The van der Waals surface area contributed by atoms with E-state index in [0.717, 1.165) is 17.7 Å². The quantitative estimate of drug-likeness (QED) is 0.634. The zero-order chi connectivity index (χ0) is 22.5. The van der Waals surface area contributed by atoms with Gasteiger partial charge in [-0.3, -0.25) is 9.59 Å². The number of nitrogens with zero attached hydrogens (tertiary/aromatic N) is 3. The van der Waals surface area contributed by atoms with Gasteiger partial charge in [-0.1, -0.05) is 47.5 Å². The molecule has 31 heavy (non-hydrogen) atoms. The maximum Gasteiger partial charge on any atom is 0.261 e. The summed E-state index contributed by atoms with van der Waals surface area (Å²) in [5.74, 6) is -0.345. The average molecular weight is 457 g/mol. The van der Waals surface area contributed by atoms with Crippen molar-refractivity contribution >= 4 is 46.4 Å². The van der Waals surface area contributed by atoms with Gasteiger partial charge in [0.1, 0.15) is 0 Å². The third-order valence-electron chi connectivity index (χ3n) is 5.54. The highest BCUT2D eigenvalue weighted by Crippen LogP contribution is 2.46. The summed E-state index contributed by atoms with van der Waals surface area (Å²) in [6.45, 7) is 1.24. The summed E-state index contributed by atoms with van der Waals surface area (Å²) in [5, 5.41) is 1.20. The number of amides is 2. The van der Waals surface area contributed by atoms with E-state index in [0.29, 0.717) is 43.6 Å². The molecule has 2 aliphatic rings. The Morgan fingerprint density at radius 2 is 1.19 bits per heavy atom. The first kappa shape index (κ1) is 21.6. The molecule has 0 aromatic heterocycles. The fraction of sp³-hybridized carbons (Fsp3) is 0.250. The lowest BCUT2D eigenvalue weighted by Crippen LogP contribution is -2.42. The van der Waals surface area contributed by atoms with Gasteiger partial charge < -0.3 is 14.3 Å². The van der Waals surface area contributed by atoms with Crippen molar-refractivity contribution in [1.82, 2.24) is 9.80 Å². The van der Waals surface area contributed by atoms with Crippen LogP contribution in [0.2, 0.25) is 10.0 Å². The van der Waals surface area contributed by atoms with Gasteiger partial charge in [0.2, 0.25) is 0 Å². The normalized spacial score (nSPS) is 16.7. The maximum absolute atomic E-state index is 13.7. The Kier molecular flexibility index (Phi) is 5.46. The van der Waals surface area contributed by atoms with Gasteiger partial charge in [0, 0.05) is 17.1 Å². The van der Waals surface area contributed by atoms with Crippen LogP contribution in [-0.4, -0.2) is 67.4 Å². The second-order valence-electron chi connectivity index (χ2n) is 8.80. The van der Waals surface area contributed by atoms with Crippen molar-refractivity contribution in [3.8, 4) is 0 Å². The lowest BCUT2D eigenvalue weighted by molar-refractivity contribution is -0.869. The van der Waals surface area contributed by atoms with Crippen LogP contribution in [0.15, 0.2) is 59.7 Å². The van der Waals surface area contributed by atoms with E-state index in [1.807, 2.05) is 24.3 Å². The molecule has 2 aromatic rings. The van der Waals surface area contributed by atoms with Crippen molar-refractivity contribution in [3.63, 3.8) is 0 Å². The monoisotopic (exact) mass is 456 g/mol. The molecule has 2 heterocycles. The molecule has 2 aromatic carbocycles. The summed E-state index contributed by atoms with van der Waals surface area (Å²) in [6.07, 6.45) is 0. The van der Waals surface area contributed by atoms with Crippen molar-refractivity contribution in [2.45, 2.75) is 0 Å². The number of halogens is 2. The molecule has 0 aliphatic carbocycles. The number of rotatable bonds is 5. The van der Waals surface area contributed by atoms with Crippen LogP contribution in [0.25, 0.3) is 11.4 Å². The fourth-order valence-corrected chi connectivity index (χ4v) is 4.18. The molecule has 0 spiro atoms. The number of benzene rings is 2. The minimum Gasteiger partial charge on any atom is -0.329 e. The van der Waals surface area contributed by atoms with E-state index < -0.39 is 0 Å². The van der Waals surface area contributed by atoms with Crippen LogP contribution >= 0.6 is 23.2 Å².